The molecule has 1 heterocycles. The first-order valence-electron chi connectivity index (χ1n) is 6.92. The highest BCUT2D eigenvalue weighted by Crippen LogP contribution is 2.26. The van der Waals surface area contributed by atoms with E-state index in [4.69, 9.17) is 16.9 Å². The largest absolute Gasteiger partial charge is 0.271 e. The summed E-state index contributed by atoms with van der Waals surface area (Å²) in [5.41, 5.74) is 1.50. The van der Waals surface area contributed by atoms with Crippen LogP contribution in [-0.4, -0.2) is 25.1 Å². The van der Waals surface area contributed by atoms with Gasteiger partial charge in [0.05, 0.1) is 22.2 Å². The first-order chi connectivity index (χ1) is 12.1. The summed E-state index contributed by atoms with van der Waals surface area (Å²) in [6.07, 6.45) is 0. The Labute approximate surface area is 151 Å². The molecule has 25 heavy (non-hydrogen) atoms. The van der Waals surface area contributed by atoms with E-state index in [2.05, 4.69) is 15.5 Å². The van der Waals surface area contributed by atoms with Crippen LogP contribution in [0.4, 0.5) is 5.69 Å². The number of halogens is 1. The minimum Gasteiger partial charge on any atom is -0.258 e. The van der Waals surface area contributed by atoms with Gasteiger partial charge < -0.3 is 0 Å². The van der Waals surface area contributed by atoms with Crippen LogP contribution >= 0.6 is 23.4 Å². The number of thioether (sulfide) groups is 1. The summed E-state index contributed by atoms with van der Waals surface area (Å²) < 4.78 is 1.55. The van der Waals surface area contributed by atoms with Crippen molar-refractivity contribution in [2.45, 2.75) is 10.9 Å². The molecule has 0 aliphatic rings. The van der Waals surface area contributed by atoms with Gasteiger partial charge in [-0.25, -0.2) is 0 Å². The van der Waals surface area contributed by atoms with Gasteiger partial charge in [-0.1, -0.05) is 23.4 Å². The third kappa shape index (κ3) is 3.93. The molecule has 0 saturated carbocycles. The van der Waals surface area contributed by atoms with Crippen molar-refractivity contribution in [3.8, 4) is 11.8 Å². The topological polar surface area (TPSA) is 111 Å². The van der Waals surface area contributed by atoms with Crippen LogP contribution in [0.15, 0.2) is 47.6 Å². The second-order valence-electron chi connectivity index (χ2n) is 4.90. The molecule has 10 heteroatoms. The highest BCUT2D eigenvalue weighted by Gasteiger charge is 2.13. The second-order valence-corrected chi connectivity index (χ2v) is 6.27. The van der Waals surface area contributed by atoms with E-state index in [1.165, 1.54) is 23.9 Å². The Hall–Kier alpha value is -2.96. The lowest BCUT2D eigenvalue weighted by Gasteiger charge is -2.05. The summed E-state index contributed by atoms with van der Waals surface area (Å²) in [7, 11) is 0. The zero-order valence-electron chi connectivity index (χ0n) is 12.5. The van der Waals surface area contributed by atoms with Gasteiger partial charge >= 0.3 is 0 Å². The van der Waals surface area contributed by atoms with E-state index in [1.54, 1.807) is 35.0 Å². The molecule has 0 fully saturated rings. The molecule has 0 atom stereocenters. The van der Waals surface area contributed by atoms with Gasteiger partial charge in [0, 0.05) is 22.9 Å². The molecule has 0 saturated heterocycles. The fourth-order valence-electron chi connectivity index (χ4n) is 2.09. The summed E-state index contributed by atoms with van der Waals surface area (Å²) in [5.74, 6) is 0.379. The van der Waals surface area contributed by atoms with Crippen LogP contribution in [0.25, 0.3) is 5.69 Å². The van der Waals surface area contributed by atoms with Crippen molar-refractivity contribution >= 4 is 29.1 Å². The van der Waals surface area contributed by atoms with Crippen molar-refractivity contribution in [2.75, 3.05) is 0 Å². The molecule has 0 bridgehead atoms. The zero-order valence-corrected chi connectivity index (χ0v) is 14.1. The van der Waals surface area contributed by atoms with Gasteiger partial charge in [-0.3, -0.25) is 10.1 Å². The van der Waals surface area contributed by atoms with Gasteiger partial charge in [0.2, 0.25) is 5.16 Å². The van der Waals surface area contributed by atoms with E-state index in [0.29, 0.717) is 21.5 Å². The number of hydrogen-bond donors (Lipinski definition) is 0. The van der Waals surface area contributed by atoms with Crippen LogP contribution in [0.3, 0.4) is 0 Å². The molecular weight excluding hydrogens is 364 g/mol. The van der Waals surface area contributed by atoms with Crippen LogP contribution in [0, 0.1) is 21.4 Å². The molecule has 124 valence electrons. The van der Waals surface area contributed by atoms with Crippen LogP contribution in [0.5, 0.6) is 0 Å². The lowest BCUT2D eigenvalue weighted by atomic mass is 10.1. The summed E-state index contributed by atoms with van der Waals surface area (Å²) in [4.78, 5) is 10.4. The second kappa shape index (κ2) is 7.29. The Balaban J connectivity index is 1.82. The quantitative estimate of drug-likeness (QED) is 0.383. The minimum absolute atomic E-state index is 0.119. The van der Waals surface area contributed by atoms with Gasteiger partial charge in [-0.05, 0) is 46.3 Å². The summed E-state index contributed by atoms with van der Waals surface area (Å²) in [6, 6.07) is 13.2. The minimum atomic E-state index is -0.521. The molecule has 0 amide bonds. The van der Waals surface area contributed by atoms with Crippen LogP contribution in [-0.2, 0) is 5.75 Å². The first-order valence-corrected chi connectivity index (χ1v) is 8.29. The van der Waals surface area contributed by atoms with E-state index in [0.717, 1.165) is 5.69 Å². The monoisotopic (exact) mass is 372 g/mol. The van der Waals surface area contributed by atoms with Crippen LogP contribution < -0.4 is 0 Å². The predicted octanol–water partition coefficient (Wildman–Crippen LogP) is 3.39. The molecule has 3 aromatic rings. The highest BCUT2D eigenvalue weighted by atomic mass is 35.5. The summed E-state index contributed by atoms with van der Waals surface area (Å²) in [6.45, 7) is 0. The van der Waals surface area contributed by atoms with Crippen molar-refractivity contribution in [2.24, 2.45) is 0 Å². The molecule has 0 N–H and O–H groups in total. The van der Waals surface area contributed by atoms with Crippen molar-refractivity contribution in [1.29, 1.82) is 5.26 Å². The number of rotatable bonds is 5. The molecule has 8 nitrogen and oxygen atoms in total. The molecule has 0 aliphatic carbocycles. The van der Waals surface area contributed by atoms with Crippen molar-refractivity contribution in [1.82, 2.24) is 20.2 Å². The van der Waals surface area contributed by atoms with Crippen LogP contribution in [0.1, 0.15) is 11.1 Å². The van der Waals surface area contributed by atoms with Gasteiger partial charge in [-0.15, -0.1) is 5.10 Å². The molecule has 1 aromatic heterocycles. The molecule has 0 aliphatic heterocycles. The van der Waals surface area contributed by atoms with Gasteiger partial charge in [0.1, 0.15) is 0 Å². The number of nitriles is 1. The maximum absolute atomic E-state index is 11.0. The van der Waals surface area contributed by atoms with Crippen molar-refractivity contribution in [3.63, 3.8) is 0 Å². The first kappa shape index (κ1) is 16.9. The lowest BCUT2D eigenvalue weighted by molar-refractivity contribution is -0.384. The number of non-ortho nitro benzene ring substituents is 1. The van der Waals surface area contributed by atoms with E-state index in [-0.39, 0.29) is 11.3 Å². The molecule has 3 rings (SSSR count). The number of nitrogens with zero attached hydrogens (tertiary/aromatic N) is 6. The zero-order chi connectivity index (χ0) is 17.8. The maximum Gasteiger partial charge on any atom is 0.271 e. The number of aromatic nitrogens is 4. The highest BCUT2D eigenvalue weighted by molar-refractivity contribution is 7.98. The van der Waals surface area contributed by atoms with Crippen LogP contribution in [0.2, 0.25) is 5.02 Å². The molecular formula is C15H9ClN6O2S. The smallest absolute Gasteiger partial charge is 0.258 e. The van der Waals surface area contributed by atoms with E-state index in [9.17, 15) is 10.1 Å². The predicted molar refractivity (Wildman–Crippen MR) is 91.5 cm³/mol. The lowest BCUT2D eigenvalue weighted by Crippen LogP contribution is -1.99. The molecule has 0 radical (unpaired) electrons. The Bertz CT molecular complexity index is 967. The van der Waals surface area contributed by atoms with Crippen molar-refractivity contribution < 1.29 is 4.92 Å². The number of benzene rings is 2. The summed E-state index contributed by atoms with van der Waals surface area (Å²) >= 11 is 7.18. The van der Waals surface area contributed by atoms with Gasteiger partial charge in [-0.2, -0.15) is 9.94 Å². The van der Waals surface area contributed by atoms with E-state index in [1.807, 2.05) is 6.07 Å². The van der Waals surface area contributed by atoms with E-state index >= 15 is 0 Å². The normalized spacial score (nSPS) is 10.4. The Morgan fingerprint density at radius 2 is 2.04 bits per heavy atom. The summed E-state index contributed by atoms with van der Waals surface area (Å²) in [5, 5.41) is 32.7. The SMILES string of the molecule is N#Cc1cc(CSc2nnnn2-c2ccc(Cl)cc2)cc([N+](=O)[O-])c1. The number of nitro benzene ring substituents is 1. The third-order valence-electron chi connectivity index (χ3n) is 3.20. The van der Waals surface area contributed by atoms with Crippen molar-refractivity contribution in [3.05, 3.63) is 68.7 Å². The fourth-order valence-corrected chi connectivity index (χ4v) is 3.04. The molecule has 2 aromatic carbocycles. The van der Waals surface area contributed by atoms with E-state index < -0.39 is 4.92 Å². The maximum atomic E-state index is 11.0. The van der Waals surface area contributed by atoms with Gasteiger partial charge in [0.15, 0.2) is 0 Å². The number of hydrogen-bond acceptors (Lipinski definition) is 7. The Kier molecular flexibility index (Phi) is 4.92. The fraction of sp³-hybridized carbons (Fsp3) is 0.0667. The molecule has 0 unspecified atom stereocenters. The average molecular weight is 373 g/mol. The Morgan fingerprint density at radius 3 is 2.72 bits per heavy atom. The average Bonchev–Trinajstić information content (AvgIpc) is 3.08. The molecule has 0 spiro atoms. The number of tetrazole rings is 1. The number of nitro groups is 1. The Morgan fingerprint density at radius 1 is 1.28 bits per heavy atom. The third-order valence-corrected chi connectivity index (χ3v) is 4.44. The van der Waals surface area contributed by atoms with Gasteiger partial charge in [0.25, 0.3) is 5.69 Å². The standard InChI is InChI=1S/C15H9ClN6O2S/c16-12-1-3-13(4-2-12)21-15(18-19-20-21)25-9-11-5-10(8-17)6-14(7-11)22(23)24/h1-7H,9H2.